The molecule has 0 saturated heterocycles. The lowest BCUT2D eigenvalue weighted by molar-refractivity contribution is -0.385. The first-order chi connectivity index (χ1) is 13.5. The van der Waals surface area contributed by atoms with E-state index in [0.29, 0.717) is 28.0 Å². The Labute approximate surface area is 158 Å². The van der Waals surface area contributed by atoms with Gasteiger partial charge in [0.05, 0.1) is 21.1 Å². The maximum atomic E-state index is 11.2. The molecule has 0 aliphatic heterocycles. The van der Waals surface area contributed by atoms with Gasteiger partial charge in [-0.05, 0) is 18.2 Å². The molecule has 4 aromatic rings. The largest absolute Gasteiger partial charge is 0.270 e. The Bertz CT molecular complexity index is 1210. The van der Waals surface area contributed by atoms with Crippen molar-refractivity contribution in [3.05, 3.63) is 93.0 Å². The van der Waals surface area contributed by atoms with Crippen LogP contribution in [0.5, 0.6) is 0 Å². The highest BCUT2D eigenvalue weighted by molar-refractivity contribution is 5.95. The predicted octanol–water partition coefficient (Wildman–Crippen LogP) is 4.78. The van der Waals surface area contributed by atoms with E-state index >= 15 is 0 Å². The zero-order valence-corrected chi connectivity index (χ0v) is 14.4. The van der Waals surface area contributed by atoms with Crippen LogP contribution in [0.3, 0.4) is 0 Å². The average molecular weight is 372 g/mol. The first kappa shape index (κ1) is 17.2. The van der Waals surface area contributed by atoms with Gasteiger partial charge < -0.3 is 0 Å². The molecule has 136 valence electrons. The van der Waals surface area contributed by atoms with Crippen LogP contribution in [0.25, 0.3) is 33.5 Å². The van der Waals surface area contributed by atoms with Crippen LogP contribution in [0.1, 0.15) is 0 Å². The Morgan fingerprint density at radius 2 is 1.32 bits per heavy atom. The Morgan fingerprint density at radius 3 is 1.96 bits per heavy atom. The first-order valence-corrected chi connectivity index (χ1v) is 8.29. The number of aromatic nitrogens is 2. The highest BCUT2D eigenvalue weighted by Crippen LogP contribution is 2.31. The topological polar surface area (TPSA) is 112 Å². The normalized spacial score (nSPS) is 10.7. The number of non-ortho nitro benzene ring substituents is 2. The maximum Gasteiger partial charge on any atom is 0.270 e. The van der Waals surface area contributed by atoms with Crippen molar-refractivity contribution in [3.63, 3.8) is 0 Å². The molecule has 4 rings (SSSR count). The molecular weight excluding hydrogens is 360 g/mol. The minimum atomic E-state index is -0.473. The van der Waals surface area contributed by atoms with Gasteiger partial charge in [-0.3, -0.25) is 20.2 Å². The van der Waals surface area contributed by atoms with E-state index in [1.807, 2.05) is 30.3 Å². The standard InChI is InChI=1S/C20H12N4O4/c25-23(26)15-8-6-14(7-9-15)20-21-18-11-10-16(24(27)28)12-17(18)19(22-20)13-4-2-1-3-5-13/h1-12H. The summed E-state index contributed by atoms with van der Waals surface area (Å²) in [5, 5.41) is 22.6. The van der Waals surface area contributed by atoms with Gasteiger partial charge in [0.15, 0.2) is 5.82 Å². The van der Waals surface area contributed by atoms with E-state index in [2.05, 4.69) is 9.97 Å². The second-order valence-electron chi connectivity index (χ2n) is 6.02. The molecule has 0 fully saturated rings. The van der Waals surface area contributed by atoms with E-state index in [1.165, 1.54) is 24.3 Å². The van der Waals surface area contributed by atoms with E-state index in [1.54, 1.807) is 18.2 Å². The van der Waals surface area contributed by atoms with Crippen LogP contribution in [-0.2, 0) is 0 Å². The summed E-state index contributed by atoms with van der Waals surface area (Å²) in [5.41, 5.74) is 2.44. The third-order valence-electron chi connectivity index (χ3n) is 4.27. The molecule has 0 bridgehead atoms. The molecule has 3 aromatic carbocycles. The molecule has 0 radical (unpaired) electrons. The monoisotopic (exact) mass is 372 g/mol. The van der Waals surface area contributed by atoms with Gasteiger partial charge >= 0.3 is 0 Å². The molecule has 0 saturated carbocycles. The van der Waals surface area contributed by atoms with Crippen molar-refractivity contribution in [1.82, 2.24) is 9.97 Å². The zero-order chi connectivity index (χ0) is 19.7. The van der Waals surface area contributed by atoms with Crippen molar-refractivity contribution in [1.29, 1.82) is 0 Å². The summed E-state index contributed by atoms with van der Waals surface area (Å²) < 4.78 is 0. The van der Waals surface area contributed by atoms with Crippen LogP contribution in [-0.4, -0.2) is 19.8 Å². The fourth-order valence-electron chi connectivity index (χ4n) is 2.91. The summed E-state index contributed by atoms with van der Waals surface area (Å²) in [6, 6.07) is 19.7. The SMILES string of the molecule is O=[N+]([O-])c1ccc(-c2nc(-c3ccccc3)c3cc([N+](=O)[O-])ccc3n2)cc1. The minimum absolute atomic E-state index is 0.0246. The lowest BCUT2D eigenvalue weighted by atomic mass is 10.0. The van der Waals surface area contributed by atoms with Gasteiger partial charge in [0.25, 0.3) is 11.4 Å². The summed E-state index contributed by atoms with van der Waals surface area (Å²) in [6.45, 7) is 0. The molecule has 0 unspecified atom stereocenters. The molecule has 0 amide bonds. The molecule has 0 aliphatic carbocycles. The molecule has 8 heteroatoms. The van der Waals surface area contributed by atoms with Gasteiger partial charge in [-0.1, -0.05) is 30.3 Å². The van der Waals surface area contributed by atoms with Gasteiger partial charge in [-0.25, -0.2) is 9.97 Å². The van der Waals surface area contributed by atoms with Crippen LogP contribution in [0.4, 0.5) is 11.4 Å². The van der Waals surface area contributed by atoms with Gasteiger partial charge in [0, 0.05) is 40.8 Å². The Hall–Kier alpha value is -4.20. The van der Waals surface area contributed by atoms with Gasteiger partial charge in [-0.2, -0.15) is 0 Å². The highest BCUT2D eigenvalue weighted by Gasteiger charge is 2.15. The molecule has 1 aromatic heterocycles. The van der Waals surface area contributed by atoms with E-state index in [0.717, 1.165) is 5.56 Å². The number of hydrogen-bond donors (Lipinski definition) is 0. The van der Waals surface area contributed by atoms with Crippen LogP contribution in [0.2, 0.25) is 0 Å². The number of hydrogen-bond acceptors (Lipinski definition) is 6. The number of benzene rings is 3. The smallest absolute Gasteiger partial charge is 0.258 e. The summed E-state index contributed by atoms with van der Waals surface area (Å²) >= 11 is 0. The molecule has 0 spiro atoms. The van der Waals surface area contributed by atoms with Crippen molar-refractivity contribution in [2.45, 2.75) is 0 Å². The number of rotatable bonds is 4. The molecule has 0 aliphatic rings. The molecule has 28 heavy (non-hydrogen) atoms. The van der Waals surface area contributed by atoms with Crippen LogP contribution < -0.4 is 0 Å². The van der Waals surface area contributed by atoms with Crippen LogP contribution in [0.15, 0.2) is 72.8 Å². The predicted molar refractivity (Wildman–Crippen MR) is 104 cm³/mol. The van der Waals surface area contributed by atoms with Crippen molar-refractivity contribution >= 4 is 22.3 Å². The molecule has 1 heterocycles. The van der Waals surface area contributed by atoms with Gasteiger partial charge in [-0.15, -0.1) is 0 Å². The quantitative estimate of drug-likeness (QED) is 0.376. The van der Waals surface area contributed by atoms with Crippen molar-refractivity contribution in [3.8, 4) is 22.6 Å². The number of nitro benzene ring substituents is 2. The van der Waals surface area contributed by atoms with E-state index in [9.17, 15) is 20.2 Å². The van der Waals surface area contributed by atoms with Crippen LogP contribution >= 0.6 is 0 Å². The molecule has 0 N–H and O–H groups in total. The lowest BCUT2D eigenvalue weighted by Crippen LogP contribution is -1.97. The maximum absolute atomic E-state index is 11.2. The Balaban J connectivity index is 1.95. The van der Waals surface area contributed by atoms with Crippen molar-refractivity contribution in [2.75, 3.05) is 0 Å². The molecule has 0 atom stereocenters. The molecule has 8 nitrogen and oxygen atoms in total. The summed E-state index contributed by atoms with van der Waals surface area (Å²) in [6.07, 6.45) is 0. The highest BCUT2D eigenvalue weighted by atomic mass is 16.6. The van der Waals surface area contributed by atoms with Crippen molar-refractivity contribution < 1.29 is 9.85 Å². The fraction of sp³-hybridized carbons (Fsp3) is 0. The average Bonchev–Trinajstić information content (AvgIpc) is 2.73. The van der Waals surface area contributed by atoms with Crippen LogP contribution in [0, 0.1) is 20.2 Å². The van der Waals surface area contributed by atoms with Gasteiger partial charge in [0.2, 0.25) is 0 Å². The summed E-state index contributed by atoms with van der Waals surface area (Å²) in [4.78, 5) is 30.2. The number of nitro groups is 2. The Morgan fingerprint density at radius 1 is 0.679 bits per heavy atom. The second-order valence-corrected chi connectivity index (χ2v) is 6.02. The lowest BCUT2D eigenvalue weighted by Gasteiger charge is -2.09. The zero-order valence-electron chi connectivity index (χ0n) is 14.4. The fourth-order valence-corrected chi connectivity index (χ4v) is 2.91. The number of nitrogens with zero attached hydrogens (tertiary/aromatic N) is 4. The van der Waals surface area contributed by atoms with E-state index < -0.39 is 9.85 Å². The summed E-state index contributed by atoms with van der Waals surface area (Å²) in [7, 11) is 0. The van der Waals surface area contributed by atoms with Crippen molar-refractivity contribution in [2.24, 2.45) is 0 Å². The third kappa shape index (κ3) is 3.14. The molecular formula is C20H12N4O4. The van der Waals surface area contributed by atoms with Gasteiger partial charge in [0.1, 0.15) is 0 Å². The number of fused-ring (bicyclic) bond motifs is 1. The van der Waals surface area contributed by atoms with E-state index in [-0.39, 0.29) is 11.4 Å². The third-order valence-corrected chi connectivity index (χ3v) is 4.27. The first-order valence-electron chi connectivity index (χ1n) is 8.29. The second kappa shape index (κ2) is 6.84. The summed E-state index contributed by atoms with van der Waals surface area (Å²) in [5.74, 6) is 0.384. The van der Waals surface area contributed by atoms with E-state index in [4.69, 9.17) is 0 Å². The Kier molecular flexibility index (Phi) is 4.21. The minimum Gasteiger partial charge on any atom is -0.258 e.